The molecule has 0 spiro atoms. The summed E-state index contributed by atoms with van der Waals surface area (Å²) in [4.78, 5) is 24.7. The topological polar surface area (TPSA) is 76.0 Å². The number of hydrogen-bond acceptors (Lipinski definition) is 4. The molecule has 2 aromatic rings. The average molecular weight is 332 g/mol. The third-order valence-corrected chi connectivity index (χ3v) is 4.34. The van der Waals surface area contributed by atoms with E-state index >= 15 is 0 Å². The highest BCUT2D eigenvalue weighted by Gasteiger charge is 2.13. The van der Waals surface area contributed by atoms with Crippen LogP contribution in [0.25, 0.3) is 0 Å². The van der Waals surface area contributed by atoms with Gasteiger partial charge in [-0.05, 0) is 26.0 Å². The van der Waals surface area contributed by atoms with Crippen molar-refractivity contribution in [3.05, 3.63) is 41.7 Å². The highest BCUT2D eigenvalue weighted by molar-refractivity contribution is 8.00. The first-order valence-corrected chi connectivity index (χ1v) is 8.20. The highest BCUT2D eigenvalue weighted by Crippen LogP contribution is 2.18. The molecule has 0 bridgehead atoms. The lowest BCUT2D eigenvalue weighted by atomic mass is 10.3. The molecule has 2 N–H and O–H groups in total. The van der Waals surface area contributed by atoms with Crippen molar-refractivity contribution in [3.63, 3.8) is 0 Å². The van der Waals surface area contributed by atoms with E-state index in [0.717, 1.165) is 16.3 Å². The van der Waals surface area contributed by atoms with Crippen molar-refractivity contribution in [1.82, 2.24) is 15.1 Å². The number of nitrogens with zero attached hydrogens (tertiary/aromatic N) is 2. The highest BCUT2D eigenvalue weighted by atomic mass is 32.2. The van der Waals surface area contributed by atoms with E-state index in [4.69, 9.17) is 0 Å². The zero-order valence-electron chi connectivity index (χ0n) is 13.4. The van der Waals surface area contributed by atoms with E-state index < -0.39 is 0 Å². The number of nitrogens with one attached hydrogen (secondary N) is 2. The van der Waals surface area contributed by atoms with Gasteiger partial charge in [-0.1, -0.05) is 18.2 Å². The van der Waals surface area contributed by atoms with Crippen LogP contribution >= 0.6 is 11.8 Å². The number of aryl methyl sites for hydroxylation is 2. The molecule has 0 aliphatic rings. The number of carbonyl (C=O) groups excluding carboxylic acids is 2. The van der Waals surface area contributed by atoms with Crippen molar-refractivity contribution in [2.45, 2.75) is 18.7 Å². The van der Waals surface area contributed by atoms with Crippen LogP contribution in [0.5, 0.6) is 0 Å². The predicted molar refractivity (Wildman–Crippen MR) is 91.5 cm³/mol. The lowest BCUT2D eigenvalue weighted by molar-refractivity contribution is -0.122. The van der Waals surface area contributed by atoms with Gasteiger partial charge in [-0.15, -0.1) is 11.8 Å². The first-order chi connectivity index (χ1) is 11.0. The molecule has 1 heterocycles. The smallest absolute Gasteiger partial charge is 0.243 e. The quantitative estimate of drug-likeness (QED) is 0.792. The molecule has 2 amide bonds. The lowest BCUT2D eigenvalue weighted by Gasteiger charge is -2.07. The van der Waals surface area contributed by atoms with E-state index in [2.05, 4.69) is 15.7 Å². The van der Waals surface area contributed by atoms with Crippen LogP contribution in [0.1, 0.15) is 11.4 Å². The standard InChI is InChI=1S/C16H20N4O2S/c1-11-16(12(2)20(3)19-11)18-14(21)9-17-15(22)10-23-13-7-5-4-6-8-13/h4-8H,9-10H2,1-3H3,(H,17,22)(H,18,21). The Balaban J connectivity index is 1.76. The Bertz CT molecular complexity index is 698. The number of rotatable bonds is 6. The molecule has 2 rings (SSSR count). The Morgan fingerprint density at radius 1 is 1.17 bits per heavy atom. The number of hydrogen-bond donors (Lipinski definition) is 2. The Morgan fingerprint density at radius 2 is 1.87 bits per heavy atom. The molecular weight excluding hydrogens is 312 g/mol. The van der Waals surface area contributed by atoms with Crippen LogP contribution < -0.4 is 10.6 Å². The maximum absolute atomic E-state index is 11.9. The van der Waals surface area contributed by atoms with Crippen LogP contribution in [0.15, 0.2) is 35.2 Å². The van der Waals surface area contributed by atoms with Crippen LogP contribution in [-0.4, -0.2) is 33.9 Å². The third kappa shape index (κ3) is 4.85. The van der Waals surface area contributed by atoms with Gasteiger partial charge < -0.3 is 10.6 Å². The summed E-state index contributed by atoms with van der Waals surface area (Å²) < 4.78 is 1.71. The van der Waals surface area contributed by atoms with Crippen molar-refractivity contribution >= 4 is 29.3 Å². The summed E-state index contributed by atoms with van der Waals surface area (Å²) in [6.07, 6.45) is 0. The molecule has 0 aliphatic heterocycles. The molecule has 0 saturated carbocycles. The first-order valence-electron chi connectivity index (χ1n) is 7.22. The van der Waals surface area contributed by atoms with Gasteiger partial charge in [0.2, 0.25) is 11.8 Å². The molecule has 1 aromatic carbocycles. The number of carbonyl (C=O) groups is 2. The summed E-state index contributed by atoms with van der Waals surface area (Å²) in [6, 6.07) is 9.66. The third-order valence-electron chi connectivity index (χ3n) is 3.33. The van der Waals surface area contributed by atoms with E-state index in [1.54, 1.807) is 4.68 Å². The normalized spacial score (nSPS) is 10.4. The molecule has 7 heteroatoms. The minimum absolute atomic E-state index is 0.0536. The SMILES string of the molecule is Cc1nn(C)c(C)c1NC(=O)CNC(=O)CSc1ccccc1. The fraction of sp³-hybridized carbons (Fsp3) is 0.312. The van der Waals surface area contributed by atoms with Gasteiger partial charge >= 0.3 is 0 Å². The van der Waals surface area contributed by atoms with Gasteiger partial charge in [-0.3, -0.25) is 14.3 Å². The van der Waals surface area contributed by atoms with Gasteiger partial charge in [0.05, 0.1) is 29.4 Å². The summed E-state index contributed by atoms with van der Waals surface area (Å²) in [6.45, 7) is 3.66. The molecule has 0 fully saturated rings. The molecule has 0 unspecified atom stereocenters. The van der Waals surface area contributed by atoms with E-state index in [0.29, 0.717) is 5.69 Å². The van der Waals surface area contributed by atoms with Crippen LogP contribution in [0.2, 0.25) is 0 Å². The summed E-state index contributed by atoms with van der Waals surface area (Å²) >= 11 is 1.44. The zero-order chi connectivity index (χ0) is 16.8. The fourth-order valence-electron chi connectivity index (χ4n) is 2.03. The Morgan fingerprint density at radius 3 is 2.48 bits per heavy atom. The number of aromatic nitrogens is 2. The van der Waals surface area contributed by atoms with Gasteiger partial charge in [0, 0.05) is 11.9 Å². The zero-order valence-corrected chi connectivity index (χ0v) is 14.2. The molecule has 0 saturated heterocycles. The Labute approximate surface area is 139 Å². The summed E-state index contributed by atoms with van der Waals surface area (Å²) in [5.41, 5.74) is 2.33. The number of amides is 2. The number of thioether (sulfide) groups is 1. The Kier molecular flexibility index (Phi) is 5.81. The van der Waals surface area contributed by atoms with Crippen LogP contribution in [0.3, 0.4) is 0 Å². The minimum atomic E-state index is -0.262. The van der Waals surface area contributed by atoms with Crippen LogP contribution in [-0.2, 0) is 16.6 Å². The van der Waals surface area contributed by atoms with Crippen LogP contribution in [0, 0.1) is 13.8 Å². The van der Waals surface area contributed by atoms with Crippen molar-refractivity contribution in [2.24, 2.45) is 7.05 Å². The number of benzene rings is 1. The molecule has 6 nitrogen and oxygen atoms in total. The second kappa shape index (κ2) is 7.82. The minimum Gasteiger partial charge on any atom is -0.346 e. The van der Waals surface area contributed by atoms with Gasteiger partial charge in [0.1, 0.15) is 0 Å². The second-order valence-electron chi connectivity index (χ2n) is 5.10. The maximum Gasteiger partial charge on any atom is 0.243 e. The Hall–Kier alpha value is -2.28. The molecular formula is C16H20N4O2S. The largest absolute Gasteiger partial charge is 0.346 e. The molecule has 122 valence electrons. The van der Waals surface area contributed by atoms with E-state index in [1.807, 2.05) is 51.2 Å². The van der Waals surface area contributed by atoms with E-state index in [9.17, 15) is 9.59 Å². The van der Waals surface area contributed by atoms with E-state index in [1.165, 1.54) is 11.8 Å². The molecule has 1 aromatic heterocycles. The lowest BCUT2D eigenvalue weighted by Crippen LogP contribution is -2.34. The van der Waals surface area contributed by atoms with Crippen molar-refractivity contribution in [3.8, 4) is 0 Å². The van der Waals surface area contributed by atoms with Crippen molar-refractivity contribution in [2.75, 3.05) is 17.6 Å². The van der Waals surface area contributed by atoms with E-state index in [-0.39, 0.29) is 24.1 Å². The van der Waals surface area contributed by atoms with Crippen LogP contribution in [0.4, 0.5) is 5.69 Å². The molecule has 0 radical (unpaired) electrons. The van der Waals surface area contributed by atoms with Gasteiger partial charge in [-0.2, -0.15) is 5.10 Å². The fourth-order valence-corrected chi connectivity index (χ4v) is 2.78. The van der Waals surface area contributed by atoms with Crippen molar-refractivity contribution < 1.29 is 9.59 Å². The average Bonchev–Trinajstić information content (AvgIpc) is 2.78. The number of anilines is 1. The molecule has 0 atom stereocenters. The molecule has 23 heavy (non-hydrogen) atoms. The monoisotopic (exact) mass is 332 g/mol. The summed E-state index contributed by atoms with van der Waals surface area (Å²) in [5, 5.41) is 9.64. The van der Waals surface area contributed by atoms with Gasteiger partial charge in [-0.25, -0.2) is 0 Å². The maximum atomic E-state index is 11.9. The van der Waals surface area contributed by atoms with Crippen molar-refractivity contribution in [1.29, 1.82) is 0 Å². The predicted octanol–water partition coefficient (Wildman–Crippen LogP) is 1.88. The first kappa shape index (κ1) is 17.1. The second-order valence-corrected chi connectivity index (χ2v) is 6.14. The van der Waals surface area contributed by atoms with Gasteiger partial charge in [0.15, 0.2) is 0 Å². The molecule has 0 aliphatic carbocycles. The summed E-state index contributed by atoms with van der Waals surface area (Å²) in [7, 11) is 1.82. The van der Waals surface area contributed by atoms with Gasteiger partial charge in [0.25, 0.3) is 0 Å². The summed E-state index contributed by atoms with van der Waals surface area (Å²) in [5.74, 6) is -0.154.